The fourth-order valence-electron chi connectivity index (χ4n) is 2.23. The van der Waals surface area contributed by atoms with Crippen LogP contribution in [0.1, 0.15) is 24.0 Å². The van der Waals surface area contributed by atoms with Crippen molar-refractivity contribution in [3.05, 3.63) is 35.4 Å². The van der Waals surface area contributed by atoms with Gasteiger partial charge in [0.05, 0.1) is 0 Å². The van der Waals surface area contributed by atoms with E-state index in [9.17, 15) is 0 Å². The third-order valence-corrected chi connectivity index (χ3v) is 3.92. The summed E-state index contributed by atoms with van der Waals surface area (Å²) in [4.78, 5) is 0. The molecule has 1 atom stereocenters. The Bertz CT molecular complexity index is 312. The Morgan fingerprint density at radius 1 is 1.29 bits per heavy atom. The summed E-state index contributed by atoms with van der Waals surface area (Å²) >= 11 is 1.95. The lowest BCUT2D eigenvalue weighted by Gasteiger charge is -2.17. The van der Waals surface area contributed by atoms with Crippen LogP contribution in [0.3, 0.4) is 0 Å². The highest BCUT2D eigenvalue weighted by atomic mass is 32.2. The van der Waals surface area contributed by atoms with Gasteiger partial charge in [0, 0.05) is 0 Å². The summed E-state index contributed by atoms with van der Waals surface area (Å²) in [5, 5.41) is 3.33. The standard InChI is InChI=1S/C15H25NS/c1-13-7-4-5-9-15(13)11-14(12-16-2)8-6-10-17-3/h4-5,7,9,14,16H,6,8,10-12H2,1-3H3. The highest BCUT2D eigenvalue weighted by molar-refractivity contribution is 7.98. The number of hydrogen-bond acceptors (Lipinski definition) is 2. The second-order valence-corrected chi connectivity index (χ2v) is 5.67. The molecule has 1 aromatic rings. The van der Waals surface area contributed by atoms with Gasteiger partial charge in [-0.15, -0.1) is 0 Å². The number of nitrogens with one attached hydrogen (secondary N) is 1. The SMILES string of the molecule is CNCC(CCCSC)Cc1ccccc1C. The van der Waals surface area contributed by atoms with Crippen molar-refractivity contribution in [3.63, 3.8) is 0 Å². The molecule has 0 aliphatic heterocycles. The molecule has 0 saturated heterocycles. The number of rotatable bonds is 8. The molecular weight excluding hydrogens is 226 g/mol. The molecule has 2 heteroatoms. The molecule has 1 unspecified atom stereocenters. The first kappa shape index (κ1) is 14.6. The summed E-state index contributed by atoms with van der Waals surface area (Å²) in [5.74, 6) is 2.06. The number of benzene rings is 1. The molecule has 96 valence electrons. The van der Waals surface area contributed by atoms with Crippen LogP contribution in [-0.2, 0) is 6.42 Å². The Kier molecular flexibility index (Phi) is 7.38. The monoisotopic (exact) mass is 251 g/mol. The molecule has 1 rings (SSSR count). The van der Waals surface area contributed by atoms with Crippen LogP contribution in [0.25, 0.3) is 0 Å². The third-order valence-electron chi connectivity index (χ3n) is 3.22. The minimum atomic E-state index is 0.772. The Balaban J connectivity index is 2.50. The quantitative estimate of drug-likeness (QED) is 0.710. The lowest BCUT2D eigenvalue weighted by Crippen LogP contribution is -2.21. The fourth-order valence-corrected chi connectivity index (χ4v) is 2.69. The Labute approximate surface area is 110 Å². The van der Waals surface area contributed by atoms with Gasteiger partial charge in [0.15, 0.2) is 0 Å². The normalized spacial score (nSPS) is 12.6. The van der Waals surface area contributed by atoms with E-state index in [2.05, 4.69) is 49.8 Å². The van der Waals surface area contributed by atoms with Gasteiger partial charge in [-0.2, -0.15) is 11.8 Å². The molecule has 0 amide bonds. The van der Waals surface area contributed by atoms with Gasteiger partial charge in [0.2, 0.25) is 0 Å². The number of hydrogen-bond donors (Lipinski definition) is 1. The van der Waals surface area contributed by atoms with Crippen LogP contribution in [0.15, 0.2) is 24.3 Å². The van der Waals surface area contributed by atoms with Crippen LogP contribution in [-0.4, -0.2) is 25.6 Å². The zero-order valence-corrected chi connectivity index (χ0v) is 12.1. The van der Waals surface area contributed by atoms with Gasteiger partial charge in [-0.05, 0) is 68.8 Å². The van der Waals surface area contributed by atoms with Crippen molar-refractivity contribution in [2.45, 2.75) is 26.2 Å². The van der Waals surface area contributed by atoms with Crippen molar-refractivity contribution in [2.75, 3.05) is 25.6 Å². The second kappa shape index (κ2) is 8.60. The Morgan fingerprint density at radius 3 is 2.71 bits per heavy atom. The highest BCUT2D eigenvalue weighted by Gasteiger charge is 2.09. The Morgan fingerprint density at radius 2 is 2.06 bits per heavy atom. The van der Waals surface area contributed by atoms with E-state index in [0.717, 1.165) is 12.5 Å². The van der Waals surface area contributed by atoms with Gasteiger partial charge in [-0.1, -0.05) is 24.3 Å². The molecule has 1 N–H and O–H groups in total. The summed E-state index contributed by atoms with van der Waals surface area (Å²) < 4.78 is 0. The molecule has 17 heavy (non-hydrogen) atoms. The highest BCUT2D eigenvalue weighted by Crippen LogP contribution is 2.17. The Hall–Kier alpha value is -0.470. The van der Waals surface area contributed by atoms with Crippen molar-refractivity contribution in [1.29, 1.82) is 0 Å². The van der Waals surface area contributed by atoms with Crippen molar-refractivity contribution in [2.24, 2.45) is 5.92 Å². The first-order valence-corrected chi connectivity index (χ1v) is 7.85. The van der Waals surface area contributed by atoms with Crippen molar-refractivity contribution in [3.8, 4) is 0 Å². The van der Waals surface area contributed by atoms with Gasteiger partial charge < -0.3 is 5.32 Å². The summed E-state index contributed by atoms with van der Waals surface area (Å²) in [5.41, 5.74) is 2.94. The first-order chi connectivity index (χ1) is 8.27. The van der Waals surface area contributed by atoms with E-state index >= 15 is 0 Å². The lowest BCUT2D eigenvalue weighted by molar-refractivity contribution is 0.457. The van der Waals surface area contributed by atoms with Crippen LogP contribution < -0.4 is 5.32 Å². The van der Waals surface area contributed by atoms with E-state index in [1.54, 1.807) is 0 Å². The predicted octanol–water partition coefficient (Wildman–Crippen LogP) is 3.52. The van der Waals surface area contributed by atoms with Crippen LogP contribution in [0.4, 0.5) is 0 Å². The zero-order chi connectivity index (χ0) is 12.5. The van der Waals surface area contributed by atoms with Crippen LogP contribution in [0, 0.1) is 12.8 Å². The minimum Gasteiger partial charge on any atom is -0.319 e. The summed E-state index contributed by atoms with van der Waals surface area (Å²) in [6.45, 7) is 3.34. The summed E-state index contributed by atoms with van der Waals surface area (Å²) in [6, 6.07) is 8.76. The molecule has 0 aromatic heterocycles. The summed E-state index contributed by atoms with van der Waals surface area (Å²) in [6.07, 6.45) is 6.06. The first-order valence-electron chi connectivity index (χ1n) is 6.46. The maximum absolute atomic E-state index is 3.33. The largest absolute Gasteiger partial charge is 0.319 e. The molecule has 0 spiro atoms. The third kappa shape index (κ3) is 5.60. The average Bonchev–Trinajstić information content (AvgIpc) is 2.32. The molecule has 0 aliphatic rings. The van der Waals surface area contributed by atoms with Gasteiger partial charge in [-0.25, -0.2) is 0 Å². The molecular formula is C15H25NS. The minimum absolute atomic E-state index is 0.772. The van der Waals surface area contributed by atoms with E-state index in [4.69, 9.17) is 0 Å². The van der Waals surface area contributed by atoms with Crippen LogP contribution >= 0.6 is 11.8 Å². The van der Waals surface area contributed by atoms with E-state index in [1.165, 1.54) is 36.1 Å². The molecule has 0 heterocycles. The average molecular weight is 251 g/mol. The van der Waals surface area contributed by atoms with Gasteiger partial charge >= 0.3 is 0 Å². The van der Waals surface area contributed by atoms with Crippen LogP contribution in [0.2, 0.25) is 0 Å². The molecule has 0 fully saturated rings. The maximum Gasteiger partial charge on any atom is -0.00203 e. The number of thioether (sulfide) groups is 1. The number of aryl methyl sites for hydroxylation is 1. The van der Waals surface area contributed by atoms with E-state index < -0.39 is 0 Å². The van der Waals surface area contributed by atoms with Gasteiger partial charge in [0.1, 0.15) is 0 Å². The zero-order valence-electron chi connectivity index (χ0n) is 11.3. The molecule has 0 bridgehead atoms. The lowest BCUT2D eigenvalue weighted by atomic mass is 9.93. The molecule has 0 saturated carbocycles. The van der Waals surface area contributed by atoms with Crippen molar-refractivity contribution < 1.29 is 0 Å². The molecule has 1 nitrogen and oxygen atoms in total. The van der Waals surface area contributed by atoms with Crippen molar-refractivity contribution in [1.82, 2.24) is 5.32 Å². The van der Waals surface area contributed by atoms with Crippen LogP contribution in [0.5, 0.6) is 0 Å². The smallest absolute Gasteiger partial charge is 0.00203 e. The van der Waals surface area contributed by atoms with E-state index in [-0.39, 0.29) is 0 Å². The summed E-state index contributed by atoms with van der Waals surface area (Å²) in [7, 11) is 2.05. The maximum atomic E-state index is 3.33. The second-order valence-electron chi connectivity index (χ2n) is 4.69. The molecule has 0 aliphatic carbocycles. The molecule has 0 radical (unpaired) electrons. The fraction of sp³-hybridized carbons (Fsp3) is 0.600. The van der Waals surface area contributed by atoms with Gasteiger partial charge in [0.25, 0.3) is 0 Å². The predicted molar refractivity (Wildman–Crippen MR) is 79.9 cm³/mol. The van der Waals surface area contributed by atoms with Crippen molar-refractivity contribution >= 4 is 11.8 Å². The molecule has 1 aromatic carbocycles. The van der Waals surface area contributed by atoms with E-state index in [1.807, 2.05) is 11.8 Å². The van der Waals surface area contributed by atoms with E-state index in [0.29, 0.717) is 0 Å². The topological polar surface area (TPSA) is 12.0 Å². The van der Waals surface area contributed by atoms with Gasteiger partial charge in [-0.3, -0.25) is 0 Å².